The van der Waals surface area contributed by atoms with Crippen molar-refractivity contribution >= 4 is 22.6 Å². The van der Waals surface area contributed by atoms with Crippen molar-refractivity contribution in [1.82, 2.24) is 14.9 Å². The predicted octanol–water partition coefficient (Wildman–Crippen LogP) is 1.22. The normalized spacial score (nSPS) is 18.2. The Morgan fingerprint density at radius 2 is 2.43 bits per heavy atom. The van der Waals surface area contributed by atoms with Crippen LogP contribution in [-0.4, -0.2) is 34.7 Å². The highest BCUT2D eigenvalue weighted by Gasteiger charge is 2.17. The molecule has 1 amide bonds. The minimum absolute atomic E-state index is 0.0321. The number of nitrogens with two attached hydrogens (primary N) is 1. The number of hydrogen-bond acceptors (Lipinski definition) is 4. The average molecular weight is 288 g/mol. The molecule has 2 heterocycles. The molecule has 1 aliphatic heterocycles. The summed E-state index contributed by atoms with van der Waals surface area (Å²) < 4.78 is 7.38. The molecule has 3 N–H and O–H groups in total. The maximum Gasteiger partial charge on any atom is 0.240 e. The average Bonchev–Trinajstić information content (AvgIpc) is 3.07. The van der Waals surface area contributed by atoms with Gasteiger partial charge in [-0.05, 0) is 31.9 Å². The molecule has 3 rings (SSSR count). The van der Waals surface area contributed by atoms with E-state index in [4.69, 9.17) is 10.5 Å². The fraction of sp³-hybridized carbons (Fsp3) is 0.467. The Bertz CT molecular complexity index is 659. The summed E-state index contributed by atoms with van der Waals surface area (Å²) in [5, 5.41) is 2.93. The molecule has 0 aliphatic carbocycles. The zero-order valence-electron chi connectivity index (χ0n) is 12.1. The Kier molecular flexibility index (Phi) is 3.79. The Balaban J connectivity index is 1.70. The quantitative estimate of drug-likeness (QED) is 0.829. The van der Waals surface area contributed by atoms with Gasteiger partial charge in [0.2, 0.25) is 5.91 Å². The van der Waals surface area contributed by atoms with Gasteiger partial charge in [-0.1, -0.05) is 6.07 Å². The van der Waals surface area contributed by atoms with Gasteiger partial charge in [-0.25, -0.2) is 4.98 Å². The third-order valence-electron chi connectivity index (χ3n) is 3.85. The second kappa shape index (κ2) is 5.73. The molecule has 1 aliphatic rings. The molecule has 6 heteroatoms. The summed E-state index contributed by atoms with van der Waals surface area (Å²) in [6.07, 6.45) is 2.25. The van der Waals surface area contributed by atoms with Crippen molar-refractivity contribution in [3.05, 3.63) is 24.0 Å². The Labute approximate surface area is 123 Å². The number of imidazole rings is 1. The Morgan fingerprint density at radius 3 is 3.19 bits per heavy atom. The van der Waals surface area contributed by atoms with Gasteiger partial charge in [0.1, 0.15) is 17.9 Å². The van der Waals surface area contributed by atoms with E-state index in [1.165, 1.54) is 0 Å². The van der Waals surface area contributed by atoms with Crippen molar-refractivity contribution in [2.45, 2.75) is 32.4 Å². The number of carbonyl (C=O) groups is 1. The van der Waals surface area contributed by atoms with Gasteiger partial charge in [-0.2, -0.15) is 0 Å². The zero-order chi connectivity index (χ0) is 14.8. The highest BCUT2D eigenvalue weighted by Crippen LogP contribution is 2.21. The first-order chi connectivity index (χ1) is 10.1. The first-order valence-corrected chi connectivity index (χ1v) is 7.25. The van der Waals surface area contributed by atoms with E-state index in [9.17, 15) is 4.79 Å². The molecule has 0 spiro atoms. The highest BCUT2D eigenvalue weighted by molar-refractivity contribution is 5.89. The third kappa shape index (κ3) is 2.85. The van der Waals surface area contributed by atoms with E-state index in [0.717, 1.165) is 36.3 Å². The fourth-order valence-corrected chi connectivity index (χ4v) is 2.72. The molecule has 112 valence electrons. The number of anilines is 1. The number of nitrogen functional groups attached to an aromatic ring is 1. The minimum atomic E-state index is -0.0321. The van der Waals surface area contributed by atoms with Crippen LogP contribution < -0.4 is 11.1 Å². The van der Waals surface area contributed by atoms with Crippen molar-refractivity contribution < 1.29 is 9.53 Å². The molecule has 1 aromatic heterocycles. The lowest BCUT2D eigenvalue weighted by atomic mass is 10.2. The lowest BCUT2D eigenvalue weighted by Gasteiger charge is -2.12. The number of nitrogens with zero attached hydrogens (tertiary/aromatic N) is 2. The number of carbonyl (C=O) groups excluding carboxylic acids is 1. The number of amides is 1. The van der Waals surface area contributed by atoms with Gasteiger partial charge in [0.25, 0.3) is 0 Å². The summed E-state index contributed by atoms with van der Waals surface area (Å²) in [6, 6.07) is 5.62. The van der Waals surface area contributed by atoms with Crippen LogP contribution in [0.3, 0.4) is 0 Å². The smallest absolute Gasteiger partial charge is 0.240 e. The number of benzene rings is 1. The number of ether oxygens (including phenoxy) is 1. The number of hydrogen-bond donors (Lipinski definition) is 2. The van der Waals surface area contributed by atoms with E-state index in [1.807, 2.05) is 29.7 Å². The van der Waals surface area contributed by atoms with Crippen molar-refractivity contribution in [2.75, 3.05) is 18.9 Å². The largest absolute Gasteiger partial charge is 0.397 e. The Hall–Kier alpha value is -2.08. The molecule has 21 heavy (non-hydrogen) atoms. The maximum atomic E-state index is 12.1. The van der Waals surface area contributed by atoms with E-state index in [1.54, 1.807) is 0 Å². The number of aryl methyl sites for hydroxylation is 1. The van der Waals surface area contributed by atoms with Crippen LogP contribution in [0.1, 0.15) is 18.7 Å². The van der Waals surface area contributed by atoms with E-state index in [0.29, 0.717) is 12.2 Å². The van der Waals surface area contributed by atoms with Crippen LogP contribution in [-0.2, 0) is 16.1 Å². The van der Waals surface area contributed by atoms with Crippen molar-refractivity contribution in [3.63, 3.8) is 0 Å². The topological polar surface area (TPSA) is 82.2 Å². The molecule has 1 saturated heterocycles. The first kappa shape index (κ1) is 13.9. The number of fused-ring (bicyclic) bond motifs is 1. The van der Waals surface area contributed by atoms with Gasteiger partial charge >= 0.3 is 0 Å². The lowest BCUT2D eigenvalue weighted by Crippen LogP contribution is -2.34. The molecule has 6 nitrogen and oxygen atoms in total. The molecule has 1 unspecified atom stereocenters. The van der Waals surface area contributed by atoms with Crippen molar-refractivity contribution in [2.24, 2.45) is 0 Å². The monoisotopic (exact) mass is 288 g/mol. The summed E-state index contributed by atoms with van der Waals surface area (Å²) in [6.45, 7) is 3.50. The SMILES string of the molecule is Cc1nc2c(N)cccc2n1CC(=O)NCC1CCCO1. The van der Waals surface area contributed by atoms with Gasteiger partial charge < -0.3 is 20.4 Å². The van der Waals surface area contributed by atoms with Crippen LogP contribution in [0.2, 0.25) is 0 Å². The number of aromatic nitrogens is 2. The molecule has 0 saturated carbocycles. The summed E-state index contributed by atoms with van der Waals surface area (Å²) in [4.78, 5) is 16.5. The molecule has 1 fully saturated rings. The van der Waals surface area contributed by atoms with Crippen LogP contribution in [0.5, 0.6) is 0 Å². The van der Waals surface area contributed by atoms with Gasteiger partial charge in [0.05, 0.1) is 17.3 Å². The first-order valence-electron chi connectivity index (χ1n) is 7.25. The van der Waals surface area contributed by atoms with Gasteiger partial charge in [-0.3, -0.25) is 4.79 Å². The second-order valence-corrected chi connectivity index (χ2v) is 5.40. The van der Waals surface area contributed by atoms with E-state index in [2.05, 4.69) is 10.3 Å². The third-order valence-corrected chi connectivity index (χ3v) is 3.85. The van der Waals surface area contributed by atoms with Crippen LogP contribution in [0.25, 0.3) is 11.0 Å². The summed E-state index contributed by atoms with van der Waals surface area (Å²) in [5.41, 5.74) is 8.19. The zero-order valence-corrected chi connectivity index (χ0v) is 12.1. The van der Waals surface area contributed by atoms with E-state index >= 15 is 0 Å². The van der Waals surface area contributed by atoms with Crippen LogP contribution in [0, 0.1) is 6.92 Å². The maximum absolute atomic E-state index is 12.1. The van der Waals surface area contributed by atoms with Crippen LogP contribution in [0.15, 0.2) is 18.2 Å². The fourth-order valence-electron chi connectivity index (χ4n) is 2.72. The van der Waals surface area contributed by atoms with Gasteiger partial charge in [0.15, 0.2) is 0 Å². The van der Waals surface area contributed by atoms with Crippen molar-refractivity contribution in [3.8, 4) is 0 Å². The second-order valence-electron chi connectivity index (χ2n) is 5.40. The number of rotatable bonds is 4. The number of para-hydroxylation sites is 1. The van der Waals surface area contributed by atoms with E-state index < -0.39 is 0 Å². The van der Waals surface area contributed by atoms with E-state index in [-0.39, 0.29) is 18.6 Å². The summed E-state index contributed by atoms with van der Waals surface area (Å²) >= 11 is 0. The molecule has 0 bridgehead atoms. The highest BCUT2D eigenvalue weighted by atomic mass is 16.5. The van der Waals surface area contributed by atoms with Gasteiger partial charge in [-0.15, -0.1) is 0 Å². The summed E-state index contributed by atoms with van der Waals surface area (Å²) in [5.74, 6) is 0.755. The van der Waals surface area contributed by atoms with Gasteiger partial charge in [0, 0.05) is 13.2 Å². The standard InChI is InChI=1S/C15H20N4O2/c1-10-18-15-12(16)5-2-6-13(15)19(10)9-14(20)17-8-11-4-3-7-21-11/h2,5-6,11H,3-4,7-9,16H2,1H3,(H,17,20). The summed E-state index contributed by atoms with van der Waals surface area (Å²) in [7, 11) is 0. The molecular formula is C15H20N4O2. The van der Waals surface area contributed by atoms with Crippen LogP contribution in [0.4, 0.5) is 5.69 Å². The molecule has 1 aromatic carbocycles. The number of nitrogens with one attached hydrogen (secondary N) is 1. The van der Waals surface area contributed by atoms with Crippen molar-refractivity contribution in [1.29, 1.82) is 0 Å². The Morgan fingerprint density at radius 1 is 1.57 bits per heavy atom. The lowest BCUT2D eigenvalue weighted by molar-refractivity contribution is -0.122. The predicted molar refractivity (Wildman–Crippen MR) is 80.9 cm³/mol. The molecule has 0 radical (unpaired) electrons. The molecular weight excluding hydrogens is 268 g/mol. The minimum Gasteiger partial charge on any atom is -0.397 e. The van der Waals surface area contributed by atoms with Crippen LogP contribution >= 0.6 is 0 Å². The molecule has 1 atom stereocenters. The molecule has 2 aromatic rings.